The Morgan fingerprint density at radius 2 is 1.75 bits per heavy atom. The zero-order valence-electron chi connectivity index (χ0n) is 17.9. The zero-order valence-corrected chi connectivity index (χ0v) is 18.8. The minimum absolute atomic E-state index is 0.0689. The van der Waals surface area contributed by atoms with Crippen LogP contribution in [0.2, 0.25) is 0 Å². The van der Waals surface area contributed by atoms with Gasteiger partial charge < -0.3 is 10.2 Å². The predicted octanol–water partition coefficient (Wildman–Crippen LogP) is 4.13. The van der Waals surface area contributed by atoms with Crippen molar-refractivity contribution in [3.63, 3.8) is 0 Å². The van der Waals surface area contributed by atoms with E-state index >= 15 is 0 Å². The van der Waals surface area contributed by atoms with Crippen LogP contribution in [-0.4, -0.2) is 45.8 Å². The number of anilines is 2. The van der Waals surface area contributed by atoms with E-state index in [4.69, 9.17) is 0 Å². The van der Waals surface area contributed by atoms with Crippen LogP contribution in [0.5, 0.6) is 0 Å². The van der Waals surface area contributed by atoms with Crippen LogP contribution in [0.15, 0.2) is 47.4 Å². The average Bonchev–Trinajstić information content (AvgIpc) is 2.73. The quantitative estimate of drug-likeness (QED) is 0.691. The number of alkyl halides is 3. The molecule has 0 unspecified atom stereocenters. The molecule has 1 aliphatic rings. The number of amides is 1. The van der Waals surface area contributed by atoms with Gasteiger partial charge in [0.25, 0.3) is 0 Å². The third kappa shape index (κ3) is 5.60. The van der Waals surface area contributed by atoms with Crippen LogP contribution in [-0.2, 0) is 27.4 Å². The summed E-state index contributed by atoms with van der Waals surface area (Å²) >= 11 is 0. The van der Waals surface area contributed by atoms with Crippen molar-refractivity contribution in [1.29, 1.82) is 0 Å². The number of nitrogens with zero attached hydrogens (tertiary/aromatic N) is 2. The molecule has 2 aromatic rings. The maximum atomic E-state index is 13.0. The van der Waals surface area contributed by atoms with Gasteiger partial charge in [0.1, 0.15) is 0 Å². The summed E-state index contributed by atoms with van der Waals surface area (Å²) in [5.41, 5.74) is 0.247. The van der Waals surface area contributed by atoms with Gasteiger partial charge in [-0.3, -0.25) is 4.79 Å². The number of carbonyl (C=O) groups excluding carboxylic acids is 1. The fraction of sp³-hybridized carbons (Fsp3) is 0.409. The van der Waals surface area contributed by atoms with Crippen molar-refractivity contribution in [2.24, 2.45) is 0 Å². The van der Waals surface area contributed by atoms with Crippen molar-refractivity contribution >= 4 is 27.3 Å². The third-order valence-electron chi connectivity index (χ3n) is 5.30. The highest BCUT2D eigenvalue weighted by molar-refractivity contribution is 7.89. The van der Waals surface area contributed by atoms with Gasteiger partial charge in [0, 0.05) is 27.2 Å². The molecule has 10 heteroatoms. The molecule has 0 aliphatic carbocycles. The van der Waals surface area contributed by atoms with Gasteiger partial charge in [-0.25, -0.2) is 8.42 Å². The van der Waals surface area contributed by atoms with Crippen molar-refractivity contribution < 1.29 is 26.4 Å². The number of piperidine rings is 1. The van der Waals surface area contributed by atoms with E-state index in [2.05, 4.69) is 5.32 Å². The van der Waals surface area contributed by atoms with E-state index < -0.39 is 27.7 Å². The molecular formula is C22H26F3N3O3S. The summed E-state index contributed by atoms with van der Waals surface area (Å²) in [6.07, 6.45) is -2.19. The Balaban J connectivity index is 1.84. The van der Waals surface area contributed by atoms with E-state index in [9.17, 15) is 26.4 Å². The first-order chi connectivity index (χ1) is 15.0. The summed E-state index contributed by atoms with van der Waals surface area (Å²) in [5.74, 6) is -0.542. The number of sulfonamides is 1. The second-order valence-corrected chi connectivity index (χ2v) is 9.90. The zero-order chi connectivity index (χ0) is 23.5. The van der Waals surface area contributed by atoms with Gasteiger partial charge in [-0.1, -0.05) is 24.6 Å². The van der Waals surface area contributed by atoms with Crippen LogP contribution >= 0.6 is 0 Å². The van der Waals surface area contributed by atoms with Crippen molar-refractivity contribution in [3.8, 4) is 0 Å². The SMILES string of the molecule is CN(C)c1ccc(S(=O)(=O)N2CCCCC2)cc1NC(=O)Cc1cccc(C(F)(F)F)c1. The normalized spacial score (nSPS) is 15.4. The summed E-state index contributed by atoms with van der Waals surface area (Å²) in [5, 5.41) is 2.67. The summed E-state index contributed by atoms with van der Waals surface area (Å²) in [6.45, 7) is 0.907. The van der Waals surface area contributed by atoms with Gasteiger partial charge in [0.05, 0.1) is 28.3 Å². The lowest BCUT2D eigenvalue weighted by Gasteiger charge is -2.26. The molecule has 0 saturated carbocycles. The molecule has 3 rings (SSSR count). The Hall–Kier alpha value is -2.59. The summed E-state index contributed by atoms with van der Waals surface area (Å²) in [6, 6.07) is 9.09. The fourth-order valence-electron chi connectivity index (χ4n) is 3.66. The molecule has 1 fully saturated rings. The van der Waals surface area contributed by atoms with Gasteiger partial charge in [0.2, 0.25) is 15.9 Å². The molecule has 1 heterocycles. The van der Waals surface area contributed by atoms with Crippen molar-refractivity contribution in [3.05, 3.63) is 53.6 Å². The second kappa shape index (κ2) is 9.50. The van der Waals surface area contributed by atoms with Gasteiger partial charge in [-0.15, -0.1) is 0 Å². The molecule has 32 heavy (non-hydrogen) atoms. The highest BCUT2D eigenvalue weighted by Crippen LogP contribution is 2.31. The standard InChI is InChI=1S/C22H26F3N3O3S/c1-27(2)20-10-9-18(32(30,31)28-11-4-3-5-12-28)15-19(20)26-21(29)14-16-7-6-8-17(13-16)22(23,24)25/h6-10,13,15H,3-5,11-12,14H2,1-2H3,(H,26,29). The van der Waals surface area contributed by atoms with Gasteiger partial charge >= 0.3 is 6.18 Å². The van der Waals surface area contributed by atoms with Crippen LogP contribution < -0.4 is 10.2 Å². The fourth-order valence-corrected chi connectivity index (χ4v) is 5.20. The lowest BCUT2D eigenvalue weighted by molar-refractivity contribution is -0.137. The number of hydrogen-bond acceptors (Lipinski definition) is 4. The minimum atomic E-state index is -4.50. The number of rotatable bonds is 6. The van der Waals surface area contributed by atoms with E-state index in [1.165, 1.54) is 28.6 Å². The second-order valence-electron chi connectivity index (χ2n) is 7.96. The Bertz CT molecular complexity index is 1080. The molecule has 1 N–H and O–H groups in total. The minimum Gasteiger partial charge on any atom is -0.376 e. The van der Waals surface area contributed by atoms with E-state index in [0.29, 0.717) is 18.8 Å². The number of halogens is 3. The molecule has 0 bridgehead atoms. The van der Waals surface area contributed by atoms with Crippen LogP contribution in [0.4, 0.5) is 24.5 Å². The van der Waals surface area contributed by atoms with Crippen molar-refractivity contribution in [1.82, 2.24) is 4.31 Å². The Kier molecular flexibility index (Phi) is 7.14. The summed E-state index contributed by atoms with van der Waals surface area (Å²) in [4.78, 5) is 14.4. The molecule has 0 spiro atoms. The number of hydrogen-bond donors (Lipinski definition) is 1. The third-order valence-corrected chi connectivity index (χ3v) is 7.19. The van der Waals surface area contributed by atoms with Crippen molar-refractivity contribution in [2.45, 2.75) is 36.8 Å². The van der Waals surface area contributed by atoms with Gasteiger partial charge in [0.15, 0.2) is 0 Å². The monoisotopic (exact) mass is 469 g/mol. The lowest BCUT2D eigenvalue weighted by atomic mass is 10.1. The molecule has 174 valence electrons. The number of benzene rings is 2. The highest BCUT2D eigenvalue weighted by atomic mass is 32.2. The van der Waals surface area contributed by atoms with E-state index in [0.717, 1.165) is 31.4 Å². The van der Waals surface area contributed by atoms with Gasteiger partial charge in [-0.2, -0.15) is 17.5 Å². The lowest BCUT2D eigenvalue weighted by Crippen LogP contribution is -2.35. The van der Waals surface area contributed by atoms with E-state index in [1.54, 1.807) is 25.1 Å². The molecule has 2 aromatic carbocycles. The van der Waals surface area contributed by atoms with E-state index in [-0.39, 0.29) is 22.6 Å². The molecule has 6 nitrogen and oxygen atoms in total. The molecule has 0 atom stereocenters. The molecule has 1 aliphatic heterocycles. The summed E-state index contributed by atoms with van der Waals surface area (Å²) < 4.78 is 66.3. The molecule has 1 amide bonds. The first-order valence-corrected chi connectivity index (χ1v) is 11.7. The van der Waals surface area contributed by atoms with Gasteiger partial charge in [-0.05, 0) is 42.7 Å². The largest absolute Gasteiger partial charge is 0.416 e. The highest BCUT2D eigenvalue weighted by Gasteiger charge is 2.30. The van der Waals surface area contributed by atoms with Crippen LogP contribution in [0, 0.1) is 0 Å². The topological polar surface area (TPSA) is 69.7 Å². The predicted molar refractivity (Wildman–Crippen MR) is 117 cm³/mol. The van der Waals surface area contributed by atoms with Crippen molar-refractivity contribution in [2.75, 3.05) is 37.4 Å². The Morgan fingerprint density at radius 3 is 2.38 bits per heavy atom. The number of carbonyl (C=O) groups is 1. The van der Waals surface area contributed by atoms with Crippen LogP contribution in [0.25, 0.3) is 0 Å². The van der Waals surface area contributed by atoms with Crippen LogP contribution in [0.1, 0.15) is 30.4 Å². The maximum Gasteiger partial charge on any atom is 0.416 e. The first kappa shape index (κ1) is 24.1. The van der Waals surface area contributed by atoms with Crippen LogP contribution in [0.3, 0.4) is 0 Å². The first-order valence-electron chi connectivity index (χ1n) is 10.3. The maximum absolute atomic E-state index is 13.0. The molecule has 0 aromatic heterocycles. The Morgan fingerprint density at radius 1 is 1.06 bits per heavy atom. The number of nitrogens with one attached hydrogen (secondary N) is 1. The van der Waals surface area contributed by atoms with E-state index in [1.807, 2.05) is 0 Å². The summed E-state index contributed by atoms with van der Waals surface area (Å²) in [7, 11) is -0.212. The molecular weight excluding hydrogens is 443 g/mol. The Labute approximate surface area is 186 Å². The smallest absolute Gasteiger partial charge is 0.376 e. The molecule has 0 radical (unpaired) electrons. The average molecular weight is 470 g/mol. The molecule has 1 saturated heterocycles.